The van der Waals surface area contributed by atoms with Crippen LogP contribution < -0.4 is 10.6 Å². The first kappa shape index (κ1) is 13.5. The number of piperidine rings is 1. The molecule has 18 heavy (non-hydrogen) atoms. The van der Waals surface area contributed by atoms with Crippen LogP contribution in [0.5, 0.6) is 0 Å². The lowest BCUT2D eigenvalue weighted by molar-refractivity contribution is -0.135. The number of amides is 1. The van der Waals surface area contributed by atoms with E-state index in [9.17, 15) is 17.6 Å². The molecule has 102 valence electrons. The Morgan fingerprint density at radius 2 is 2.28 bits per heavy atom. The van der Waals surface area contributed by atoms with E-state index in [2.05, 4.69) is 10.6 Å². The SMILES string of the molecule is CC1CC(F)(C(=O)N[C@@H]2C=CS(=O)(=O)C2)CCN1. The van der Waals surface area contributed by atoms with Gasteiger partial charge in [0.2, 0.25) is 0 Å². The zero-order valence-corrected chi connectivity index (χ0v) is 11.0. The second kappa shape index (κ2) is 4.62. The normalized spacial score (nSPS) is 38.6. The molecule has 1 saturated heterocycles. The number of hydrogen-bond acceptors (Lipinski definition) is 4. The molecule has 7 heteroatoms. The summed E-state index contributed by atoms with van der Waals surface area (Å²) in [4.78, 5) is 11.9. The van der Waals surface area contributed by atoms with Crippen molar-refractivity contribution in [2.24, 2.45) is 0 Å². The van der Waals surface area contributed by atoms with E-state index < -0.39 is 27.5 Å². The minimum Gasteiger partial charge on any atom is -0.346 e. The summed E-state index contributed by atoms with van der Waals surface area (Å²) in [5.41, 5.74) is -1.90. The summed E-state index contributed by atoms with van der Waals surface area (Å²) in [7, 11) is -3.23. The van der Waals surface area contributed by atoms with Crippen molar-refractivity contribution >= 4 is 15.7 Å². The number of carbonyl (C=O) groups excluding carboxylic acids is 1. The van der Waals surface area contributed by atoms with Gasteiger partial charge in [-0.2, -0.15) is 0 Å². The number of nitrogens with one attached hydrogen (secondary N) is 2. The van der Waals surface area contributed by atoms with Crippen LogP contribution in [0, 0.1) is 0 Å². The maximum atomic E-state index is 14.4. The van der Waals surface area contributed by atoms with E-state index in [1.54, 1.807) is 0 Å². The zero-order valence-electron chi connectivity index (χ0n) is 10.1. The van der Waals surface area contributed by atoms with Gasteiger partial charge in [-0.05, 0) is 19.5 Å². The van der Waals surface area contributed by atoms with Gasteiger partial charge >= 0.3 is 0 Å². The monoisotopic (exact) mass is 276 g/mol. The van der Waals surface area contributed by atoms with E-state index in [1.807, 2.05) is 6.92 Å². The fraction of sp³-hybridized carbons (Fsp3) is 0.727. The van der Waals surface area contributed by atoms with Crippen molar-refractivity contribution in [3.05, 3.63) is 11.5 Å². The third kappa shape index (κ3) is 2.89. The lowest BCUT2D eigenvalue weighted by Gasteiger charge is -2.33. The minimum absolute atomic E-state index is 0.0580. The molecule has 5 nitrogen and oxygen atoms in total. The summed E-state index contributed by atoms with van der Waals surface area (Å²) in [6, 6.07) is -0.669. The van der Waals surface area contributed by atoms with Crippen molar-refractivity contribution in [3.8, 4) is 0 Å². The quantitative estimate of drug-likeness (QED) is 0.738. The van der Waals surface area contributed by atoms with Gasteiger partial charge in [0, 0.05) is 24.3 Å². The summed E-state index contributed by atoms with van der Waals surface area (Å²) in [6.07, 6.45) is 1.62. The molecule has 0 radical (unpaired) electrons. The van der Waals surface area contributed by atoms with Crippen LogP contribution in [0.2, 0.25) is 0 Å². The molecule has 3 atom stereocenters. The van der Waals surface area contributed by atoms with Crippen molar-refractivity contribution in [1.29, 1.82) is 0 Å². The maximum Gasteiger partial charge on any atom is 0.258 e. The van der Waals surface area contributed by atoms with E-state index >= 15 is 0 Å². The lowest BCUT2D eigenvalue weighted by atomic mass is 9.89. The first-order valence-corrected chi connectivity index (χ1v) is 7.66. The van der Waals surface area contributed by atoms with Gasteiger partial charge in [-0.15, -0.1) is 0 Å². The second-order valence-electron chi connectivity index (χ2n) is 5.01. The van der Waals surface area contributed by atoms with Gasteiger partial charge in [0.15, 0.2) is 15.5 Å². The summed E-state index contributed by atoms with van der Waals surface area (Å²) in [5, 5.41) is 6.59. The molecule has 2 aliphatic heterocycles. The minimum atomic E-state index is -3.23. The summed E-state index contributed by atoms with van der Waals surface area (Å²) >= 11 is 0. The van der Waals surface area contributed by atoms with Crippen molar-refractivity contribution < 1.29 is 17.6 Å². The Labute approximate surface area is 106 Å². The highest BCUT2D eigenvalue weighted by molar-refractivity contribution is 7.94. The highest BCUT2D eigenvalue weighted by Gasteiger charge is 2.43. The number of rotatable bonds is 2. The molecule has 0 aromatic carbocycles. The molecule has 0 aromatic rings. The van der Waals surface area contributed by atoms with Crippen LogP contribution in [-0.2, 0) is 14.6 Å². The van der Waals surface area contributed by atoms with Crippen molar-refractivity contribution in [2.75, 3.05) is 12.3 Å². The molecule has 0 bridgehead atoms. The van der Waals surface area contributed by atoms with Crippen molar-refractivity contribution in [2.45, 2.75) is 37.5 Å². The largest absolute Gasteiger partial charge is 0.346 e. The van der Waals surface area contributed by atoms with Gasteiger partial charge in [0.05, 0.1) is 11.8 Å². The van der Waals surface area contributed by atoms with E-state index in [4.69, 9.17) is 0 Å². The van der Waals surface area contributed by atoms with Crippen LogP contribution in [-0.4, -0.2) is 44.4 Å². The van der Waals surface area contributed by atoms with Gasteiger partial charge in [-0.1, -0.05) is 0 Å². The van der Waals surface area contributed by atoms with Gasteiger partial charge in [0.25, 0.3) is 5.91 Å². The highest BCUT2D eigenvalue weighted by atomic mass is 32.2. The number of alkyl halides is 1. The first-order chi connectivity index (χ1) is 8.31. The Morgan fingerprint density at radius 3 is 2.83 bits per heavy atom. The van der Waals surface area contributed by atoms with Crippen LogP contribution in [0.1, 0.15) is 19.8 Å². The summed E-state index contributed by atoms with van der Waals surface area (Å²) < 4.78 is 36.8. The highest BCUT2D eigenvalue weighted by Crippen LogP contribution is 2.26. The molecular formula is C11H17FN2O3S. The molecule has 0 aliphatic carbocycles. The Hall–Kier alpha value is -0.950. The second-order valence-corrected chi connectivity index (χ2v) is 6.94. The third-order valence-corrected chi connectivity index (χ3v) is 4.69. The predicted octanol–water partition coefficient (Wildman–Crippen LogP) is -0.106. The average Bonchev–Trinajstić information content (AvgIpc) is 2.57. The predicted molar refractivity (Wildman–Crippen MR) is 65.4 cm³/mol. The number of halogens is 1. The maximum absolute atomic E-state index is 14.4. The fourth-order valence-electron chi connectivity index (χ4n) is 2.35. The van der Waals surface area contributed by atoms with E-state index in [1.165, 1.54) is 6.08 Å². The Kier molecular flexibility index (Phi) is 3.46. The molecule has 1 amide bonds. The van der Waals surface area contributed by atoms with E-state index in [0.29, 0.717) is 6.54 Å². The molecule has 2 heterocycles. The Balaban J connectivity index is 1.98. The van der Waals surface area contributed by atoms with Crippen molar-refractivity contribution in [3.63, 3.8) is 0 Å². The molecule has 2 N–H and O–H groups in total. The fourth-order valence-corrected chi connectivity index (χ4v) is 3.58. The number of hydrogen-bond donors (Lipinski definition) is 2. The van der Waals surface area contributed by atoms with Crippen LogP contribution in [0.4, 0.5) is 4.39 Å². The lowest BCUT2D eigenvalue weighted by Crippen LogP contribution is -2.54. The molecular weight excluding hydrogens is 259 g/mol. The van der Waals surface area contributed by atoms with E-state index in [-0.39, 0.29) is 24.6 Å². The standard InChI is InChI=1S/C11H17FN2O3S/c1-8-6-11(12,3-4-13-8)10(15)14-9-2-5-18(16,17)7-9/h2,5,8-9,13H,3-4,6-7H2,1H3,(H,14,15)/t8?,9-,11?/m1/s1. The van der Waals surface area contributed by atoms with Gasteiger partial charge < -0.3 is 10.6 Å². The summed E-state index contributed by atoms with van der Waals surface area (Å²) in [5.74, 6) is -0.884. The topological polar surface area (TPSA) is 75.3 Å². The molecule has 2 rings (SSSR count). The van der Waals surface area contributed by atoms with Gasteiger partial charge in [0.1, 0.15) is 0 Å². The molecule has 0 aromatic heterocycles. The molecule has 0 spiro atoms. The van der Waals surface area contributed by atoms with Crippen LogP contribution in [0.15, 0.2) is 11.5 Å². The molecule has 2 unspecified atom stereocenters. The Bertz CT molecular complexity index is 477. The molecule has 2 aliphatic rings. The molecule has 0 saturated carbocycles. The average molecular weight is 276 g/mol. The number of sulfone groups is 1. The van der Waals surface area contributed by atoms with E-state index in [0.717, 1.165) is 5.41 Å². The van der Waals surface area contributed by atoms with Gasteiger partial charge in [-0.25, -0.2) is 12.8 Å². The van der Waals surface area contributed by atoms with Crippen LogP contribution in [0.25, 0.3) is 0 Å². The Morgan fingerprint density at radius 1 is 1.56 bits per heavy atom. The summed E-state index contributed by atoms with van der Waals surface area (Å²) in [6.45, 7) is 2.27. The number of carbonyl (C=O) groups is 1. The van der Waals surface area contributed by atoms with Crippen LogP contribution >= 0.6 is 0 Å². The third-order valence-electron chi connectivity index (χ3n) is 3.30. The smallest absolute Gasteiger partial charge is 0.258 e. The first-order valence-electron chi connectivity index (χ1n) is 5.95. The zero-order chi connectivity index (χ0) is 13.4. The van der Waals surface area contributed by atoms with Crippen molar-refractivity contribution in [1.82, 2.24) is 10.6 Å². The molecule has 1 fully saturated rings. The van der Waals surface area contributed by atoms with Crippen LogP contribution in [0.3, 0.4) is 0 Å². The van der Waals surface area contributed by atoms with Gasteiger partial charge in [-0.3, -0.25) is 4.79 Å².